The van der Waals surface area contributed by atoms with E-state index in [4.69, 9.17) is 4.74 Å². The SMILES string of the molecule is O=C(COc1ccc2ccccc2c1)N(Cc1ccc(Br)cc1)c1ccccc1I. The standard InChI is InChI=1S/C25H19BrINO2/c26-21-12-9-18(10-13-21)16-28(24-8-4-3-7-23(24)27)25(29)17-30-22-14-11-19-5-1-2-6-20(19)15-22/h1-15H,16-17H2. The maximum absolute atomic E-state index is 13.2. The van der Waals surface area contributed by atoms with Gasteiger partial charge in [0, 0.05) is 8.04 Å². The molecule has 0 aliphatic heterocycles. The Balaban J connectivity index is 1.55. The van der Waals surface area contributed by atoms with Gasteiger partial charge < -0.3 is 9.64 Å². The van der Waals surface area contributed by atoms with Crippen molar-refractivity contribution in [1.29, 1.82) is 0 Å². The van der Waals surface area contributed by atoms with Gasteiger partial charge in [0.15, 0.2) is 6.61 Å². The molecule has 4 rings (SSSR count). The summed E-state index contributed by atoms with van der Waals surface area (Å²) in [4.78, 5) is 15.0. The molecule has 0 aliphatic carbocycles. The van der Waals surface area contributed by atoms with Crippen molar-refractivity contribution < 1.29 is 9.53 Å². The molecule has 0 radical (unpaired) electrons. The first kappa shape index (κ1) is 20.9. The summed E-state index contributed by atoms with van der Waals surface area (Å²) in [7, 11) is 0. The predicted octanol–water partition coefficient (Wildman–Crippen LogP) is 6.82. The third-order valence-corrected chi connectivity index (χ3v) is 6.22. The van der Waals surface area contributed by atoms with Gasteiger partial charge in [-0.05, 0) is 75.3 Å². The number of hydrogen-bond acceptors (Lipinski definition) is 2. The summed E-state index contributed by atoms with van der Waals surface area (Å²) < 4.78 is 7.91. The molecule has 4 aromatic rings. The Morgan fingerprint density at radius 1 is 0.867 bits per heavy atom. The van der Waals surface area contributed by atoms with Gasteiger partial charge in [0.25, 0.3) is 5.91 Å². The molecular weight excluding hydrogens is 553 g/mol. The molecule has 0 saturated carbocycles. The molecule has 0 fully saturated rings. The monoisotopic (exact) mass is 571 g/mol. The second kappa shape index (κ2) is 9.62. The van der Waals surface area contributed by atoms with E-state index in [2.05, 4.69) is 44.6 Å². The summed E-state index contributed by atoms with van der Waals surface area (Å²) in [5.41, 5.74) is 1.94. The third-order valence-electron chi connectivity index (χ3n) is 4.78. The zero-order valence-electron chi connectivity index (χ0n) is 16.1. The second-order valence-electron chi connectivity index (χ2n) is 6.86. The van der Waals surface area contributed by atoms with E-state index in [9.17, 15) is 4.79 Å². The number of amides is 1. The molecule has 4 aromatic carbocycles. The number of halogens is 2. The molecule has 0 unspecified atom stereocenters. The van der Waals surface area contributed by atoms with Gasteiger partial charge in [0.1, 0.15) is 5.75 Å². The summed E-state index contributed by atoms with van der Waals surface area (Å²) in [6, 6.07) is 29.9. The molecule has 0 atom stereocenters. The number of fused-ring (bicyclic) bond motifs is 1. The fourth-order valence-corrected chi connectivity index (χ4v) is 4.17. The molecule has 5 heteroatoms. The molecule has 3 nitrogen and oxygen atoms in total. The lowest BCUT2D eigenvalue weighted by Crippen LogP contribution is -2.35. The normalized spacial score (nSPS) is 10.7. The van der Waals surface area contributed by atoms with Crippen LogP contribution in [0.3, 0.4) is 0 Å². The summed E-state index contributed by atoms with van der Waals surface area (Å²) in [5.74, 6) is 0.601. The third kappa shape index (κ3) is 5.02. The van der Waals surface area contributed by atoms with Crippen molar-refractivity contribution in [3.05, 3.63) is 105 Å². The van der Waals surface area contributed by atoms with Gasteiger partial charge in [-0.2, -0.15) is 0 Å². The van der Waals surface area contributed by atoms with Gasteiger partial charge in [-0.15, -0.1) is 0 Å². The minimum atomic E-state index is -0.0878. The Morgan fingerprint density at radius 3 is 2.33 bits per heavy atom. The van der Waals surface area contributed by atoms with E-state index in [1.165, 1.54) is 0 Å². The Morgan fingerprint density at radius 2 is 1.57 bits per heavy atom. The first-order chi connectivity index (χ1) is 14.6. The van der Waals surface area contributed by atoms with Crippen LogP contribution in [0, 0.1) is 3.57 Å². The van der Waals surface area contributed by atoms with Crippen LogP contribution >= 0.6 is 38.5 Å². The number of hydrogen-bond donors (Lipinski definition) is 0. The quantitative estimate of drug-likeness (QED) is 0.238. The van der Waals surface area contributed by atoms with E-state index >= 15 is 0 Å². The van der Waals surface area contributed by atoms with Crippen molar-refractivity contribution in [2.45, 2.75) is 6.54 Å². The maximum atomic E-state index is 13.2. The lowest BCUT2D eigenvalue weighted by molar-refractivity contribution is -0.120. The second-order valence-corrected chi connectivity index (χ2v) is 8.93. The zero-order valence-corrected chi connectivity index (χ0v) is 19.8. The number of nitrogens with zero attached hydrogens (tertiary/aromatic N) is 1. The van der Waals surface area contributed by atoms with Gasteiger partial charge in [0.05, 0.1) is 12.2 Å². The zero-order chi connectivity index (χ0) is 20.9. The first-order valence-corrected chi connectivity index (χ1v) is 11.4. The molecule has 0 aromatic heterocycles. The molecule has 0 N–H and O–H groups in total. The van der Waals surface area contributed by atoms with Crippen LogP contribution < -0.4 is 9.64 Å². The predicted molar refractivity (Wildman–Crippen MR) is 134 cm³/mol. The number of ether oxygens (including phenoxy) is 1. The number of rotatable bonds is 6. The average molecular weight is 572 g/mol. The van der Waals surface area contributed by atoms with Gasteiger partial charge in [-0.3, -0.25) is 4.79 Å². The highest BCUT2D eigenvalue weighted by atomic mass is 127. The van der Waals surface area contributed by atoms with Crippen molar-refractivity contribution in [1.82, 2.24) is 0 Å². The van der Waals surface area contributed by atoms with Crippen molar-refractivity contribution >= 4 is 60.9 Å². The molecule has 0 bridgehead atoms. The molecule has 1 amide bonds. The van der Waals surface area contributed by atoms with Crippen LogP contribution in [0.2, 0.25) is 0 Å². The number of benzene rings is 4. The van der Waals surface area contributed by atoms with Crippen molar-refractivity contribution in [3.8, 4) is 5.75 Å². The largest absolute Gasteiger partial charge is 0.484 e. The van der Waals surface area contributed by atoms with Crippen LogP contribution in [-0.4, -0.2) is 12.5 Å². The highest BCUT2D eigenvalue weighted by Gasteiger charge is 2.19. The van der Waals surface area contributed by atoms with Crippen LogP contribution in [0.15, 0.2) is 95.5 Å². The van der Waals surface area contributed by atoms with E-state index in [1.807, 2.05) is 84.9 Å². The number of carbonyl (C=O) groups is 1. The fourth-order valence-electron chi connectivity index (χ4n) is 3.23. The highest BCUT2D eigenvalue weighted by Crippen LogP contribution is 2.25. The van der Waals surface area contributed by atoms with Crippen LogP contribution in [0.1, 0.15) is 5.56 Å². The van der Waals surface area contributed by atoms with E-state index in [1.54, 1.807) is 4.90 Å². The Hall–Kier alpha value is -2.38. The van der Waals surface area contributed by atoms with E-state index < -0.39 is 0 Å². The first-order valence-electron chi connectivity index (χ1n) is 9.51. The molecule has 0 spiro atoms. The van der Waals surface area contributed by atoms with Crippen LogP contribution in [-0.2, 0) is 11.3 Å². The summed E-state index contributed by atoms with van der Waals surface area (Å²) in [5, 5.41) is 2.23. The maximum Gasteiger partial charge on any atom is 0.265 e. The number of anilines is 1. The van der Waals surface area contributed by atoms with Gasteiger partial charge in [-0.1, -0.05) is 70.5 Å². The smallest absolute Gasteiger partial charge is 0.265 e. The van der Waals surface area contributed by atoms with E-state index in [0.29, 0.717) is 12.3 Å². The van der Waals surface area contributed by atoms with Crippen LogP contribution in [0.5, 0.6) is 5.75 Å². The molecule has 0 aliphatic rings. The van der Waals surface area contributed by atoms with Crippen molar-refractivity contribution in [2.75, 3.05) is 11.5 Å². The van der Waals surface area contributed by atoms with Gasteiger partial charge in [0.2, 0.25) is 0 Å². The fraction of sp³-hybridized carbons (Fsp3) is 0.0800. The summed E-state index contributed by atoms with van der Waals surface area (Å²) >= 11 is 5.73. The Kier molecular flexibility index (Phi) is 6.69. The van der Waals surface area contributed by atoms with Crippen LogP contribution in [0.25, 0.3) is 10.8 Å². The number of carbonyl (C=O) groups excluding carboxylic acids is 1. The van der Waals surface area contributed by atoms with Crippen molar-refractivity contribution in [2.24, 2.45) is 0 Å². The van der Waals surface area contributed by atoms with Gasteiger partial charge >= 0.3 is 0 Å². The lowest BCUT2D eigenvalue weighted by atomic mass is 10.1. The molecule has 0 heterocycles. The number of para-hydroxylation sites is 1. The summed E-state index contributed by atoms with van der Waals surface area (Å²) in [6.45, 7) is 0.451. The molecule has 150 valence electrons. The average Bonchev–Trinajstić information content (AvgIpc) is 2.77. The topological polar surface area (TPSA) is 29.5 Å². The molecular formula is C25H19BrINO2. The van der Waals surface area contributed by atoms with Gasteiger partial charge in [-0.25, -0.2) is 0 Å². The van der Waals surface area contributed by atoms with Crippen LogP contribution in [0.4, 0.5) is 5.69 Å². The molecule has 0 saturated heterocycles. The lowest BCUT2D eigenvalue weighted by Gasteiger charge is -2.24. The Bertz CT molecular complexity index is 1180. The Labute approximate surface area is 197 Å². The van der Waals surface area contributed by atoms with E-state index in [0.717, 1.165) is 30.1 Å². The molecule has 30 heavy (non-hydrogen) atoms. The summed E-state index contributed by atoms with van der Waals surface area (Å²) in [6.07, 6.45) is 0. The minimum absolute atomic E-state index is 0.0279. The van der Waals surface area contributed by atoms with Crippen molar-refractivity contribution in [3.63, 3.8) is 0 Å². The minimum Gasteiger partial charge on any atom is -0.484 e. The highest BCUT2D eigenvalue weighted by molar-refractivity contribution is 14.1. The van der Waals surface area contributed by atoms with E-state index in [-0.39, 0.29) is 12.5 Å².